The zero-order valence-electron chi connectivity index (χ0n) is 24.0. The van der Waals surface area contributed by atoms with Gasteiger partial charge in [0.2, 0.25) is 0 Å². The van der Waals surface area contributed by atoms with Gasteiger partial charge in [-0.05, 0) is 0 Å². The molecule has 10 heteroatoms. The quantitative estimate of drug-likeness (QED) is 0.213. The molecule has 0 aliphatic carbocycles. The van der Waals surface area contributed by atoms with Crippen LogP contribution in [0, 0.1) is 13.8 Å². The number of benzene rings is 2. The van der Waals surface area contributed by atoms with Crippen LogP contribution in [0.5, 0.6) is 0 Å². The third-order valence-corrected chi connectivity index (χ3v) is 9.65. The maximum absolute atomic E-state index is 13.0. The second-order valence-electron chi connectivity index (χ2n) is 8.64. The van der Waals surface area contributed by atoms with Gasteiger partial charge in [-0.2, -0.15) is 0 Å². The van der Waals surface area contributed by atoms with E-state index < -0.39 is 19.2 Å². The number of rotatable bonds is 18. The van der Waals surface area contributed by atoms with E-state index in [9.17, 15) is 4.89 Å². The van der Waals surface area contributed by atoms with Crippen molar-refractivity contribution in [1.82, 2.24) is 0 Å². The summed E-state index contributed by atoms with van der Waals surface area (Å²) in [5.74, 6) is -3.15. The van der Waals surface area contributed by atoms with E-state index in [4.69, 9.17) is 37.5 Å². The molecule has 0 aromatic heterocycles. The number of aryl methyl sites for hydroxylation is 2. The molecule has 2 aromatic rings. The van der Waals surface area contributed by atoms with Gasteiger partial charge in [-0.3, -0.25) is 0 Å². The van der Waals surface area contributed by atoms with Gasteiger partial charge < -0.3 is 0 Å². The Morgan fingerprint density at radius 1 is 0.579 bits per heavy atom. The predicted octanol–water partition coefficient (Wildman–Crippen LogP) is 4.32. The van der Waals surface area contributed by atoms with Crippen molar-refractivity contribution in [1.29, 1.82) is 0 Å². The first kappa shape index (κ1) is 32.7. The van der Waals surface area contributed by atoms with Crippen molar-refractivity contribution in [2.75, 3.05) is 53.9 Å². The second-order valence-corrected chi connectivity index (χ2v) is 12.0. The van der Waals surface area contributed by atoms with Crippen LogP contribution >= 0.6 is 7.28 Å². The molecule has 0 saturated heterocycles. The molecular weight excluding hydrogens is 511 g/mol. The molecule has 216 valence electrons. The maximum atomic E-state index is 13.0. The Labute approximate surface area is 227 Å². The molecule has 1 N–H and O–H groups in total. The SMILES string of the molecule is CCOC(COP(O)(OCC(OC)(OCC)OCC)(c1ccc(C)cc1)c1ccc(C)cc1)(OC)OCC. The van der Waals surface area contributed by atoms with Gasteiger partial charge in [0.1, 0.15) is 0 Å². The molecule has 0 atom stereocenters. The summed E-state index contributed by atoms with van der Waals surface area (Å²) in [4.78, 5) is 13.0. The molecular formula is C28H45O9P. The van der Waals surface area contributed by atoms with Crippen molar-refractivity contribution >= 4 is 17.9 Å². The van der Waals surface area contributed by atoms with Crippen molar-refractivity contribution in [2.45, 2.75) is 53.5 Å². The minimum atomic E-state index is -4.96. The average molecular weight is 557 g/mol. The van der Waals surface area contributed by atoms with E-state index in [-0.39, 0.29) is 39.6 Å². The molecule has 0 saturated carbocycles. The molecule has 9 nitrogen and oxygen atoms in total. The molecule has 0 fully saturated rings. The molecule has 0 bridgehead atoms. The zero-order valence-corrected chi connectivity index (χ0v) is 24.9. The van der Waals surface area contributed by atoms with Crippen molar-refractivity contribution in [3.8, 4) is 0 Å². The Bertz CT molecular complexity index is 876. The van der Waals surface area contributed by atoms with Crippen molar-refractivity contribution < 1.29 is 42.4 Å². The van der Waals surface area contributed by atoms with Gasteiger partial charge in [-0.15, -0.1) is 0 Å². The molecule has 0 radical (unpaired) electrons. The van der Waals surface area contributed by atoms with Crippen LogP contribution in [-0.4, -0.2) is 70.7 Å². The molecule has 0 aliphatic rings. The van der Waals surface area contributed by atoms with Crippen LogP contribution in [0.4, 0.5) is 0 Å². The van der Waals surface area contributed by atoms with Crippen molar-refractivity contribution in [3.63, 3.8) is 0 Å². The van der Waals surface area contributed by atoms with E-state index in [2.05, 4.69) is 0 Å². The van der Waals surface area contributed by atoms with Crippen molar-refractivity contribution in [3.05, 3.63) is 59.7 Å². The van der Waals surface area contributed by atoms with E-state index in [0.29, 0.717) is 10.6 Å². The Kier molecular flexibility index (Phi) is 12.3. The van der Waals surface area contributed by atoms with Crippen LogP contribution in [0.3, 0.4) is 0 Å². The molecule has 0 amide bonds. The van der Waals surface area contributed by atoms with Crippen LogP contribution in [0.2, 0.25) is 0 Å². The van der Waals surface area contributed by atoms with E-state index in [1.807, 2.05) is 65.8 Å². The van der Waals surface area contributed by atoms with Gasteiger partial charge in [0, 0.05) is 0 Å². The van der Waals surface area contributed by atoms with Gasteiger partial charge >= 0.3 is 227 Å². The fourth-order valence-electron chi connectivity index (χ4n) is 3.98. The first-order valence-corrected chi connectivity index (χ1v) is 15.0. The van der Waals surface area contributed by atoms with Gasteiger partial charge in [0.15, 0.2) is 0 Å². The van der Waals surface area contributed by atoms with Crippen LogP contribution in [0.15, 0.2) is 48.5 Å². The van der Waals surface area contributed by atoms with Crippen LogP contribution in [0.1, 0.15) is 38.8 Å². The molecule has 0 aliphatic heterocycles. The van der Waals surface area contributed by atoms with Gasteiger partial charge in [0.25, 0.3) is 0 Å². The predicted molar refractivity (Wildman–Crippen MR) is 149 cm³/mol. The Hall–Kier alpha value is -1.49. The van der Waals surface area contributed by atoms with Gasteiger partial charge in [0.05, 0.1) is 0 Å². The minimum absolute atomic E-state index is 0.288. The summed E-state index contributed by atoms with van der Waals surface area (Å²) < 4.78 is 47.6. The second kappa shape index (κ2) is 14.2. The summed E-state index contributed by atoms with van der Waals surface area (Å²) in [6, 6.07) is 14.7. The van der Waals surface area contributed by atoms with Crippen LogP contribution in [-0.2, 0) is 37.5 Å². The summed E-state index contributed by atoms with van der Waals surface area (Å²) in [5.41, 5.74) is 2.01. The van der Waals surface area contributed by atoms with E-state index >= 15 is 0 Å². The van der Waals surface area contributed by atoms with Crippen molar-refractivity contribution in [2.24, 2.45) is 0 Å². The Balaban J connectivity index is 2.77. The normalized spacial score (nSPS) is 13.9. The fourth-order valence-corrected chi connectivity index (χ4v) is 7.09. The van der Waals surface area contributed by atoms with E-state index in [0.717, 1.165) is 11.1 Å². The third-order valence-electron chi connectivity index (χ3n) is 6.02. The molecule has 38 heavy (non-hydrogen) atoms. The monoisotopic (exact) mass is 556 g/mol. The number of methoxy groups -OCH3 is 2. The summed E-state index contributed by atoms with van der Waals surface area (Å²) in [7, 11) is -2.05. The summed E-state index contributed by atoms with van der Waals surface area (Å²) in [5, 5.41) is 0.864. The van der Waals surface area contributed by atoms with Gasteiger partial charge in [-0.25, -0.2) is 0 Å². The number of hydrogen-bond donors (Lipinski definition) is 1. The summed E-state index contributed by atoms with van der Waals surface area (Å²) in [6.07, 6.45) is 0. The zero-order chi connectivity index (χ0) is 28.3. The van der Waals surface area contributed by atoms with Gasteiger partial charge in [-0.1, -0.05) is 0 Å². The first-order valence-electron chi connectivity index (χ1n) is 13.0. The molecule has 0 spiro atoms. The first-order chi connectivity index (χ1) is 18.1. The van der Waals surface area contributed by atoms with E-state index in [1.165, 1.54) is 14.2 Å². The summed E-state index contributed by atoms with van der Waals surface area (Å²) >= 11 is 0. The third kappa shape index (κ3) is 7.37. The topological polar surface area (TPSA) is 94.1 Å². The average Bonchev–Trinajstić information content (AvgIpc) is 2.92. The Morgan fingerprint density at radius 2 is 0.868 bits per heavy atom. The van der Waals surface area contributed by atoms with Crippen LogP contribution < -0.4 is 10.6 Å². The summed E-state index contributed by atoms with van der Waals surface area (Å²) in [6.45, 7) is 11.7. The molecule has 2 rings (SSSR count). The Morgan fingerprint density at radius 3 is 1.11 bits per heavy atom. The standard InChI is InChI=1S/C28H45O9P/c1-9-32-27(30-7,33-10-2)21-36-38(29,25-17-13-23(5)14-18-25,26-19-15-24(6)16-20-26)37-22-28(31-8,34-11-3)35-12-4/h13-20,29H,9-12,21-22H2,1-8H3. The molecule has 0 heterocycles. The molecule has 0 unspecified atom stereocenters. The number of hydrogen-bond acceptors (Lipinski definition) is 9. The van der Waals surface area contributed by atoms with E-state index in [1.54, 1.807) is 24.3 Å². The van der Waals surface area contributed by atoms with Crippen LogP contribution in [0.25, 0.3) is 0 Å². The molecule has 2 aromatic carbocycles. The fraction of sp³-hybridized carbons (Fsp3) is 0.571. The number of ether oxygens (including phenoxy) is 6.